The van der Waals surface area contributed by atoms with Crippen LogP contribution >= 0.6 is 23.2 Å². The van der Waals surface area contributed by atoms with Crippen molar-refractivity contribution in [2.45, 2.75) is 6.18 Å². The number of alkyl halides is 3. The number of benzene rings is 2. The number of nitrogens with zero attached hydrogens (tertiary/aromatic N) is 1. The Morgan fingerprint density at radius 1 is 1.04 bits per heavy atom. The molecule has 0 heterocycles. The molecule has 0 aromatic heterocycles. The second kappa shape index (κ2) is 6.55. The number of hydrazone groups is 1. The van der Waals surface area contributed by atoms with Gasteiger partial charge in [-0.15, -0.1) is 0 Å². The Morgan fingerprint density at radius 2 is 1.65 bits per heavy atom. The summed E-state index contributed by atoms with van der Waals surface area (Å²) in [7, 11) is 0. The molecular formula is C14H9Cl2F3N2O2. The van der Waals surface area contributed by atoms with E-state index in [4.69, 9.17) is 28.3 Å². The van der Waals surface area contributed by atoms with Gasteiger partial charge in [-0.3, -0.25) is 5.43 Å². The molecule has 0 bridgehead atoms. The lowest BCUT2D eigenvalue weighted by Gasteiger charge is -2.11. The van der Waals surface area contributed by atoms with Crippen LogP contribution in [0.3, 0.4) is 0 Å². The fourth-order valence-electron chi connectivity index (χ4n) is 1.65. The number of aromatic hydroxyl groups is 2. The molecule has 0 amide bonds. The summed E-state index contributed by atoms with van der Waals surface area (Å²) in [6.07, 6.45) is -3.37. The van der Waals surface area contributed by atoms with Gasteiger partial charge in [0.1, 0.15) is 11.5 Å². The molecule has 0 spiro atoms. The van der Waals surface area contributed by atoms with Crippen molar-refractivity contribution in [2.24, 2.45) is 5.10 Å². The first kappa shape index (κ1) is 17.2. The van der Waals surface area contributed by atoms with Gasteiger partial charge in [0.2, 0.25) is 0 Å². The van der Waals surface area contributed by atoms with Crippen molar-refractivity contribution in [3.05, 3.63) is 51.5 Å². The van der Waals surface area contributed by atoms with Gasteiger partial charge in [-0.2, -0.15) is 18.3 Å². The quantitative estimate of drug-likeness (QED) is 0.537. The average molecular weight is 365 g/mol. The lowest BCUT2D eigenvalue weighted by molar-refractivity contribution is -0.137. The van der Waals surface area contributed by atoms with Crippen molar-refractivity contribution in [3.63, 3.8) is 0 Å². The number of rotatable bonds is 3. The van der Waals surface area contributed by atoms with Crippen LogP contribution in [0.15, 0.2) is 35.4 Å². The van der Waals surface area contributed by atoms with Gasteiger partial charge < -0.3 is 10.2 Å². The van der Waals surface area contributed by atoms with E-state index in [2.05, 4.69) is 10.5 Å². The Labute approximate surface area is 138 Å². The van der Waals surface area contributed by atoms with E-state index in [1.165, 1.54) is 18.3 Å². The molecule has 9 heteroatoms. The maximum absolute atomic E-state index is 12.6. The molecule has 0 saturated carbocycles. The van der Waals surface area contributed by atoms with Crippen molar-refractivity contribution in [1.82, 2.24) is 0 Å². The molecule has 23 heavy (non-hydrogen) atoms. The Balaban J connectivity index is 2.22. The predicted molar refractivity (Wildman–Crippen MR) is 82.5 cm³/mol. The molecule has 2 aromatic rings. The first-order chi connectivity index (χ1) is 10.7. The Morgan fingerprint density at radius 3 is 2.17 bits per heavy atom. The lowest BCUT2D eigenvalue weighted by Crippen LogP contribution is -2.05. The molecule has 0 aliphatic heterocycles. The van der Waals surface area contributed by atoms with E-state index in [1.54, 1.807) is 0 Å². The van der Waals surface area contributed by atoms with Crippen LogP contribution in [-0.4, -0.2) is 16.4 Å². The zero-order chi connectivity index (χ0) is 17.2. The minimum Gasteiger partial charge on any atom is -0.508 e. The molecule has 0 saturated heterocycles. The normalized spacial score (nSPS) is 11.9. The molecule has 0 radical (unpaired) electrons. The predicted octanol–water partition coefficient (Wildman–Crippen LogP) is 4.87. The van der Waals surface area contributed by atoms with Gasteiger partial charge in [0.25, 0.3) is 0 Å². The smallest absolute Gasteiger partial charge is 0.416 e. The highest BCUT2D eigenvalue weighted by Crippen LogP contribution is 2.38. The Kier molecular flexibility index (Phi) is 4.91. The lowest BCUT2D eigenvalue weighted by atomic mass is 10.2. The average Bonchev–Trinajstić information content (AvgIpc) is 2.42. The van der Waals surface area contributed by atoms with Crippen LogP contribution in [0, 0.1) is 0 Å². The van der Waals surface area contributed by atoms with Crippen LogP contribution in [0.2, 0.25) is 10.0 Å². The van der Waals surface area contributed by atoms with E-state index in [0.29, 0.717) is 0 Å². The van der Waals surface area contributed by atoms with Gasteiger partial charge in [0, 0.05) is 11.6 Å². The van der Waals surface area contributed by atoms with Crippen molar-refractivity contribution in [3.8, 4) is 11.5 Å². The highest BCUT2D eigenvalue weighted by molar-refractivity contribution is 6.39. The highest BCUT2D eigenvalue weighted by atomic mass is 35.5. The Bertz CT molecular complexity index is 741. The van der Waals surface area contributed by atoms with E-state index in [-0.39, 0.29) is 32.8 Å². The van der Waals surface area contributed by atoms with Crippen LogP contribution in [0.1, 0.15) is 11.1 Å². The summed E-state index contributed by atoms with van der Waals surface area (Å²) in [5, 5.41) is 22.0. The number of phenols is 2. The van der Waals surface area contributed by atoms with Crippen molar-refractivity contribution < 1.29 is 23.4 Å². The minimum atomic E-state index is -4.56. The number of phenolic OH excluding ortho intramolecular Hbond substituents is 2. The molecule has 0 atom stereocenters. The Hall–Kier alpha value is -2.12. The van der Waals surface area contributed by atoms with Gasteiger partial charge in [-0.25, -0.2) is 0 Å². The van der Waals surface area contributed by atoms with Gasteiger partial charge >= 0.3 is 6.18 Å². The molecule has 3 N–H and O–H groups in total. The maximum atomic E-state index is 12.6. The number of hydrogen-bond acceptors (Lipinski definition) is 4. The van der Waals surface area contributed by atoms with E-state index in [9.17, 15) is 18.3 Å². The second-order valence-electron chi connectivity index (χ2n) is 4.43. The highest BCUT2D eigenvalue weighted by Gasteiger charge is 2.32. The number of anilines is 1. The zero-order valence-corrected chi connectivity index (χ0v) is 12.7. The number of hydrogen-bond donors (Lipinski definition) is 3. The third-order valence-electron chi connectivity index (χ3n) is 2.76. The fourth-order valence-corrected chi connectivity index (χ4v) is 2.22. The molecule has 0 aliphatic carbocycles. The van der Waals surface area contributed by atoms with Crippen LogP contribution in [0.5, 0.6) is 11.5 Å². The second-order valence-corrected chi connectivity index (χ2v) is 5.24. The summed E-state index contributed by atoms with van der Waals surface area (Å²) in [5.74, 6) is -0.346. The summed E-state index contributed by atoms with van der Waals surface area (Å²) in [6.45, 7) is 0. The van der Waals surface area contributed by atoms with E-state index < -0.39 is 11.7 Å². The SMILES string of the molecule is Oc1ccc(C=NNc2c(Cl)cc(C(F)(F)F)cc2Cl)c(O)c1. The summed E-state index contributed by atoms with van der Waals surface area (Å²) >= 11 is 11.5. The fraction of sp³-hybridized carbons (Fsp3) is 0.0714. The molecule has 0 fully saturated rings. The standard InChI is InChI=1S/C14H9Cl2F3N2O2/c15-10-3-8(14(17,18)19)4-11(16)13(10)21-20-6-7-1-2-9(22)5-12(7)23/h1-6,21-23H. The first-order valence-corrected chi connectivity index (χ1v) is 6.81. The largest absolute Gasteiger partial charge is 0.508 e. The van der Waals surface area contributed by atoms with Crippen LogP contribution in [0.25, 0.3) is 0 Å². The molecule has 122 valence electrons. The topological polar surface area (TPSA) is 64.9 Å². The molecule has 2 rings (SSSR count). The molecule has 0 unspecified atom stereocenters. The van der Waals surface area contributed by atoms with Crippen LogP contribution < -0.4 is 5.43 Å². The van der Waals surface area contributed by atoms with Crippen LogP contribution in [0.4, 0.5) is 18.9 Å². The zero-order valence-electron chi connectivity index (χ0n) is 11.2. The molecule has 2 aromatic carbocycles. The van der Waals surface area contributed by atoms with Gasteiger partial charge in [0.15, 0.2) is 0 Å². The van der Waals surface area contributed by atoms with E-state index >= 15 is 0 Å². The molecule has 0 aliphatic rings. The summed E-state index contributed by atoms with van der Waals surface area (Å²) in [4.78, 5) is 0. The van der Waals surface area contributed by atoms with Crippen molar-refractivity contribution in [1.29, 1.82) is 0 Å². The molecular weight excluding hydrogens is 356 g/mol. The minimum absolute atomic E-state index is 0.00384. The van der Waals surface area contributed by atoms with Crippen molar-refractivity contribution >= 4 is 35.1 Å². The van der Waals surface area contributed by atoms with E-state index in [1.807, 2.05) is 0 Å². The van der Waals surface area contributed by atoms with E-state index in [0.717, 1.165) is 18.2 Å². The monoisotopic (exact) mass is 364 g/mol. The number of nitrogens with one attached hydrogen (secondary N) is 1. The third-order valence-corrected chi connectivity index (χ3v) is 3.36. The maximum Gasteiger partial charge on any atom is 0.416 e. The van der Waals surface area contributed by atoms with Crippen molar-refractivity contribution in [2.75, 3.05) is 5.43 Å². The van der Waals surface area contributed by atoms with Gasteiger partial charge in [-0.05, 0) is 24.3 Å². The first-order valence-electron chi connectivity index (χ1n) is 6.06. The molecule has 4 nitrogen and oxygen atoms in total. The summed E-state index contributed by atoms with van der Waals surface area (Å²) < 4.78 is 37.8. The van der Waals surface area contributed by atoms with Gasteiger partial charge in [-0.1, -0.05) is 23.2 Å². The number of halogens is 5. The summed E-state index contributed by atoms with van der Waals surface area (Å²) in [5.41, 5.74) is 1.71. The summed E-state index contributed by atoms with van der Waals surface area (Å²) in [6, 6.07) is 5.29. The third kappa shape index (κ3) is 4.20. The van der Waals surface area contributed by atoms with Gasteiger partial charge in [0.05, 0.1) is 27.5 Å². The van der Waals surface area contributed by atoms with Crippen LogP contribution in [-0.2, 0) is 6.18 Å².